The van der Waals surface area contributed by atoms with Gasteiger partial charge in [0.1, 0.15) is 5.75 Å². The maximum absolute atomic E-state index is 11.8. The van der Waals surface area contributed by atoms with Crippen LogP contribution in [0.3, 0.4) is 0 Å². The van der Waals surface area contributed by atoms with E-state index in [9.17, 15) is 9.90 Å². The predicted octanol–water partition coefficient (Wildman–Crippen LogP) is 3.08. The lowest BCUT2D eigenvalue weighted by molar-refractivity contribution is 0.0950. The molecule has 2 N–H and O–H groups in total. The molecule has 18 heavy (non-hydrogen) atoms. The van der Waals surface area contributed by atoms with Gasteiger partial charge >= 0.3 is 0 Å². The van der Waals surface area contributed by atoms with Gasteiger partial charge in [0.25, 0.3) is 5.91 Å². The summed E-state index contributed by atoms with van der Waals surface area (Å²) in [6.45, 7) is 6.44. The molecule has 1 unspecified atom stereocenters. The van der Waals surface area contributed by atoms with E-state index < -0.39 is 0 Å². The van der Waals surface area contributed by atoms with Gasteiger partial charge in [0, 0.05) is 6.54 Å². The van der Waals surface area contributed by atoms with Crippen molar-refractivity contribution in [2.24, 2.45) is 5.92 Å². The summed E-state index contributed by atoms with van der Waals surface area (Å²) >= 11 is 6.10. The fourth-order valence-electron chi connectivity index (χ4n) is 1.73. The molecular formula is C14H20ClNO2. The zero-order valence-electron chi connectivity index (χ0n) is 11.0. The van der Waals surface area contributed by atoms with E-state index in [0.29, 0.717) is 12.5 Å². The van der Waals surface area contributed by atoms with Crippen molar-refractivity contribution in [3.05, 3.63) is 29.3 Å². The SMILES string of the molecule is Cc1ccc(C(=O)NCC(Cl)CC(C)C)c(O)c1. The van der Waals surface area contributed by atoms with Crippen LogP contribution >= 0.6 is 11.6 Å². The van der Waals surface area contributed by atoms with Gasteiger partial charge in [0.05, 0.1) is 10.9 Å². The van der Waals surface area contributed by atoms with E-state index in [1.54, 1.807) is 18.2 Å². The first-order valence-electron chi connectivity index (χ1n) is 6.12. The highest BCUT2D eigenvalue weighted by molar-refractivity contribution is 6.21. The number of halogens is 1. The first kappa shape index (κ1) is 14.8. The average molecular weight is 270 g/mol. The number of hydrogen-bond acceptors (Lipinski definition) is 2. The van der Waals surface area contributed by atoms with Crippen LogP contribution in [0, 0.1) is 12.8 Å². The van der Waals surface area contributed by atoms with Crippen molar-refractivity contribution in [1.29, 1.82) is 0 Å². The van der Waals surface area contributed by atoms with Gasteiger partial charge in [-0.05, 0) is 37.0 Å². The lowest BCUT2D eigenvalue weighted by Crippen LogP contribution is -2.30. The molecule has 0 radical (unpaired) electrons. The Bertz CT molecular complexity index is 418. The quantitative estimate of drug-likeness (QED) is 0.807. The highest BCUT2D eigenvalue weighted by Gasteiger charge is 2.13. The molecule has 0 spiro atoms. The summed E-state index contributed by atoms with van der Waals surface area (Å²) in [5.41, 5.74) is 1.20. The molecule has 1 aromatic carbocycles. The van der Waals surface area contributed by atoms with Gasteiger partial charge in [-0.2, -0.15) is 0 Å². The van der Waals surface area contributed by atoms with Crippen molar-refractivity contribution < 1.29 is 9.90 Å². The van der Waals surface area contributed by atoms with Crippen molar-refractivity contribution in [3.8, 4) is 5.75 Å². The lowest BCUT2D eigenvalue weighted by atomic mass is 10.1. The number of phenols is 1. The molecule has 0 bridgehead atoms. The molecule has 4 heteroatoms. The van der Waals surface area contributed by atoms with Crippen LogP contribution in [0.15, 0.2) is 18.2 Å². The number of phenolic OH excluding ortho intramolecular Hbond substituents is 1. The molecule has 1 aromatic rings. The van der Waals surface area contributed by atoms with Crippen LogP contribution in [0.25, 0.3) is 0 Å². The summed E-state index contributed by atoms with van der Waals surface area (Å²) in [4.78, 5) is 11.8. The Morgan fingerprint density at radius 3 is 2.67 bits per heavy atom. The first-order valence-corrected chi connectivity index (χ1v) is 6.55. The second-order valence-electron chi connectivity index (χ2n) is 4.96. The van der Waals surface area contributed by atoms with Gasteiger partial charge in [0.2, 0.25) is 0 Å². The first-order chi connectivity index (χ1) is 8.40. The van der Waals surface area contributed by atoms with E-state index in [4.69, 9.17) is 11.6 Å². The van der Waals surface area contributed by atoms with Gasteiger partial charge < -0.3 is 10.4 Å². The number of carbonyl (C=O) groups is 1. The van der Waals surface area contributed by atoms with Gasteiger partial charge in [0.15, 0.2) is 0 Å². The summed E-state index contributed by atoms with van der Waals surface area (Å²) in [6, 6.07) is 4.98. The Kier molecular flexibility index (Phi) is 5.48. The van der Waals surface area contributed by atoms with Crippen molar-refractivity contribution in [2.45, 2.75) is 32.6 Å². The van der Waals surface area contributed by atoms with Crippen LogP contribution < -0.4 is 5.32 Å². The molecule has 0 saturated heterocycles. The highest BCUT2D eigenvalue weighted by atomic mass is 35.5. The van der Waals surface area contributed by atoms with E-state index in [-0.39, 0.29) is 22.6 Å². The number of rotatable bonds is 5. The van der Waals surface area contributed by atoms with Crippen LogP contribution in [0.5, 0.6) is 5.75 Å². The minimum Gasteiger partial charge on any atom is -0.507 e. The molecule has 1 atom stereocenters. The Morgan fingerprint density at radius 2 is 2.11 bits per heavy atom. The summed E-state index contributed by atoms with van der Waals surface area (Å²) < 4.78 is 0. The number of amides is 1. The molecule has 0 aromatic heterocycles. The summed E-state index contributed by atoms with van der Waals surface area (Å²) in [7, 11) is 0. The average Bonchev–Trinajstić information content (AvgIpc) is 2.25. The maximum Gasteiger partial charge on any atom is 0.255 e. The monoisotopic (exact) mass is 269 g/mol. The number of benzene rings is 1. The summed E-state index contributed by atoms with van der Waals surface area (Å²) in [6.07, 6.45) is 0.849. The Labute approximate surface area is 113 Å². The van der Waals surface area contributed by atoms with Crippen LogP contribution in [0.2, 0.25) is 0 Å². The standard InChI is InChI=1S/C14H20ClNO2/c1-9(2)6-11(15)8-16-14(18)12-5-4-10(3)7-13(12)17/h4-5,7,9,11,17H,6,8H2,1-3H3,(H,16,18). The number of aromatic hydroxyl groups is 1. The number of aryl methyl sites for hydroxylation is 1. The van der Waals surface area contributed by atoms with Crippen molar-refractivity contribution in [3.63, 3.8) is 0 Å². The Hall–Kier alpha value is -1.22. The Balaban J connectivity index is 2.55. The second kappa shape index (κ2) is 6.64. The lowest BCUT2D eigenvalue weighted by Gasteiger charge is -2.13. The molecule has 0 saturated carbocycles. The molecule has 100 valence electrons. The van der Waals surface area contributed by atoms with Gasteiger partial charge in [-0.15, -0.1) is 11.6 Å². The van der Waals surface area contributed by atoms with Crippen LogP contribution in [0.1, 0.15) is 36.2 Å². The molecule has 1 amide bonds. The van der Waals surface area contributed by atoms with E-state index in [1.807, 2.05) is 6.92 Å². The fraction of sp³-hybridized carbons (Fsp3) is 0.500. The zero-order chi connectivity index (χ0) is 13.7. The molecule has 1 rings (SSSR count). The third-order valence-electron chi connectivity index (χ3n) is 2.61. The van der Waals surface area contributed by atoms with E-state index >= 15 is 0 Å². The molecule has 0 aliphatic rings. The fourth-order valence-corrected chi connectivity index (χ4v) is 2.16. The van der Waals surface area contributed by atoms with Gasteiger partial charge in [-0.3, -0.25) is 4.79 Å². The van der Waals surface area contributed by atoms with Gasteiger partial charge in [-0.1, -0.05) is 19.9 Å². The molecule has 0 aliphatic carbocycles. The molecule has 0 aliphatic heterocycles. The van der Waals surface area contributed by atoms with E-state index in [1.165, 1.54) is 0 Å². The molecule has 0 heterocycles. The number of alkyl halides is 1. The highest BCUT2D eigenvalue weighted by Crippen LogP contribution is 2.18. The normalized spacial score (nSPS) is 12.5. The summed E-state index contributed by atoms with van der Waals surface area (Å²) in [5.74, 6) is 0.210. The maximum atomic E-state index is 11.8. The summed E-state index contributed by atoms with van der Waals surface area (Å²) in [5, 5.41) is 12.3. The number of nitrogens with one attached hydrogen (secondary N) is 1. The van der Waals surface area contributed by atoms with Crippen LogP contribution in [-0.2, 0) is 0 Å². The topological polar surface area (TPSA) is 49.3 Å². The molecule has 0 fully saturated rings. The minimum atomic E-state index is -0.290. The number of hydrogen-bond donors (Lipinski definition) is 2. The zero-order valence-corrected chi connectivity index (χ0v) is 11.8. The smallest absolute Gasteiger partial charge is 0.255 e. The molecular weight excluding hydrogens is 250 g/mol. The van der Waals surface area contributed by atoms with Crippen molar-refractivity contribution in [1.82, 2.24) is 5.32 Å². The van der Waals surface area contributed by atoms with Crippen LogP contribution in [0.4, 0.5) is 0 Å². The largest absolute Gasteiger partial charge is 0.507 e. The minimum absolute atomic E-state index is 0.00230. The van der Waals surface area contributed by atoms with E-state index in [0.717, 1.165) is 12.0 Å². The van der Waals surface area contributed by atoms with Gasteiger partial charge in [-0.25, -0.2) is 0 Å². The third-order valence-corrected chi connectivity index (χ3v) is 2.94. The predicted molar refractivity (Wildman–Crippen MR) is 74.3 cm³/mol. The van der Waals surface area contributed by atoms with Crippen molar-refractivity contribution >= 4 is 17.5 Å². The van der Waals surface area contributed by atoms with E-state index in [2.05, 4.69) is 19.2 Å². The Morgan fingerprint density at radius 1 is 1.44 bits per heavy atom. The number of carbonyl (C=O) groups excluding carboxylic acids is 1. The van der Waals surface area contributed by atoms with Crippen LogP contribution in [-0.4, -0.2) is 22.9 Å². The second-order valence-corrected chi connectivity index (χ2v) is 5.57. The molecule has 3 nitrogen and oxygen atoms in total. The third kappa shape index (κ3) is 4.57. The van der Waals surface area contributed by atoms with Crippen molar-refractivity contribution in [2.75, 3.05) is 6.54 Å².